The van der Waals surface area contributed by atoms with E-state index in [1.807, 2.05) is 13.8 Å². The van der Waals surface area contributed by atoms with Crippen molar-refractivity contribution in [2.24, 2.45) is 5.92 Å². The van der Waals surface area contributed by atoms with Crippen molar-refractivity contribution in [3.63, 3.8) is 0 Å². The molecular formula is C16H26N2O5S. The first-order chi connectivity index (χ1) is 11.2. The van der Waals surface area contributed by atoms with Crippen molar-refractivity contribution >= 4 is 21.6 Å². The lowest BCUT2D eigenvalue weighted by Gasteiger charge is -2.24. The summed E-state index contributed by atoms with van der Waals surface area (Å²) in [5.41, 5.74) is 0.373. The summed E-state index contributed by atoms with van der Waals surface area (Å²) in [6.45, 7) is 4.58. The number of nitrogens with one attached hydrogen (secondary N) is 1. The van der Waals surface area contributed by atoms with Crippen LogP contribution < -0.4 is 19.1 Å². The molecule has 0 aromatic heterocycles. The maximum Gasteiger partial charge on any atom is 0.232 e. The molecule has 1 aromatic carbocycles. The molecule has 8 heteroatoms. The maximum absolute atomic E-state index is 12.1. The molecule has 0 radical (unpaired) electrons. The van der Waals surface area contributed by atoms with Gasteiger partial charge in [-0.05, 0) is 18.1 Å². The minimum atomic E-state index is -3.56. The van der Waals surface area contributed by atoms with Gasteiger partial charge in [0.1, 0.15) is 11.5 Å². The van der Waals surface area contributed by atoms with Crippen LogP contribution in [0.5, 0.6) is 11.5 Å². The van der Waals surface area contributed by atoms with E-state index in [0.29, 0.717) is 29.6 Å². The van der Waals surface area contributed by atoms with Gasteiger partial charge in [0.05, 0.1) is 26.2 Å². The van der Waals surface area contributed by atoms with Crippen LogP contribution in [0.2, 0.25) is 0 Å². The number of nitrogens with zero attached hydrogens (tertiary/aromatic N) is 1. The molecule has 24 heavy (non-hydrogen) atoms. The zero-order valence-electron chi connectivity index (χ0n) is 14.8. The Morgan fingerprint density at radius 1 is 1.25 bits per heavy atom. The van der Waals surface area contributed by atoms with Gasteiger partial charge in [-0.15, -0.1) is 0 Å². The molecule has 0 aliphatic carbocycles. The molecule has 0 saturated carbocycles. The lowest BCUT2D eigenvalue weighted by atomic mass is 10.2. The van der Waals surface area contributed by atoms with E-state index in [1.165, 1.54) is 18.5 Å². The third-order valence-corrected chi connectivity index (χ3v) is 4.49. The number of ether oxygens (including phenoxy) is 2. The zero-order valence-corrected chi connectivity index (χ0v) is 15.6. The van der Waals surface area contributed by atoms with Crippen molar-refractivity contribution in [2.45, 2.75) is 20.3 Å². The summed E-state index contributed by atoms with van der Waals surface area (Å²) in [5.74, 6) is 1.06. The van der Waals surface area contributed by atoms with E-state index >= 15 is 0 Å². The highest BCUT2D eigenvalue weighted by atomic mass is 32.2. The topological polar surface area (TPSA) is 84.9 Å². The molecule has 136 valence electrons. The molecule has 0 bridgehead atoms. The first-order valence-corrected chi connectivity index (χ1v) is 9.50. The molecule has 1 aromatic rings. The molecule has 0 fully saturated rings. The summed E-state index contributed by atoms with van der Waals surface area (Å²) >= 11 is 0. The smallest absolute Gasteiger partial charge is 0.232 e. The van der Waals surface area contributed by atoms with Crippen molar-refractivity contribution in [1.82, 2.24) is 5.32 Å². The van der Waals surface area contributed by atoms with E-state index in [2.05, 4.69) is 5.32 Å². The van der Waals surface area contributed by atoms with Crippen molar-refractivity contribution < 1.29 is 22.7 Å². The minimum absolute atomic E-state index is 0.0332. The molecule has 7 nitrogen and oxygen atoms in total. The van der Waals surface area contributed by atoms with Crippen LogP contribution in [0.15, 0.2) is 18.2 Å². The highest BCUT2D eigenvalue weighted by molar-refractivity contribution is 7.92. The Kier molecular flexibility index (Phi) is 7.34. The third kappa shape index (κ3) is 5.92. The van der Waals surface area contributed by atoms with E-state index < -0.39 is 10.0 Å². The van der Waals surface area contributed by atoms with Crippen molar-refractivity contribution in [1.29, 1.82) is 0 Å². The monoisotopic (exact) mass is 358 g/mol. The Bertz CT molecular complexity index is 658. The average Bonchev–Trinajstić information content (AvgIpc) is 2.51. The Balaban J connectivity index is 2.97. The number of rotatable bonds is 9. The Hall–Kier alpha value is -1.96. The number of benzene rings is 1. The molecular weight excluding hydrogens is 332 g/mol. The van der Waals surface area contributed by atoms with Crippen LogP contribution in [-0.2, 0) is 14.8 Å². The second kappa shape index (κ2) is 8.77. The molecule has 1 rings (SSSR count). The third-order valence-electron chi connectivity index (χ3n) is 3.31. The van der Waals surface area contributed by atoms with Crippen molar-refractivity contribution in [2.75, 3.05) is 37.9 Å². The van der Waals surface area contributed by atoms with Gasteiger partial charge in [0.15, 0.2) is 0 Å². The fraction of sp³-hybridized carbons (Fsp3) is 0.562. The lowest BCUT2D eigenvalue weighted by Crippen LogP contribution is -2.35. The van der Waals surface area contributed by atoms with Gasteiger partial charge in [-0.3, -0.25) is 9.10 Å². The zero-order chi connectivity index (χ0) is 18.3. The summed E-state index contributed by atoms with van der Waals surface area (Å²) in [6.07, 6.45) is 1.16. The number of carbonyl (C=O) groups excluding carboxylic acids is 1. The fourth-order valence-corrected chi connectivity index (χ4v) is 3.00. The lowest BCUT2D eigenvalue weighted by molar-refractivity contribution is -0.121. The number of amides is 1. The number of hydrogen-bond donors (Lipinski definition) is 1. The van der Waals surface area contributed by atoms with Gasteiger partial charge in [0.25, 0.3) is 0 Å². The van der Waals surface area contributed by atoms with Gasteiger partial charge in [-0.25, -0.2) is 8.42 Å². The number of carbonyl (C=O) groups is 1. The van der Waals surface area contributed by atoms with Crippen LogP contribution in [0, 0.1) is 5.92 Å². The molecule has 0 unspecified atom stereocenters. The van der Waals surface area contributed by atoms with Crippen molar-refractivity contribution in [3.05, 3.63) is 18.2 Å². The maximum atomic E-state index is 12.1. The fourth-order valence-electron chi connectivity index (χ4n) is 2.07. The molecule has 0 atom stereocenters. The summed E-state index contributed by atoms with van der Waals surface area (Å²) in [5, 5.41) is 2.78. The molecule has 1 N–H and O–H groups in total. The number of hydrogen-bond acceptors (Lipinski definition) is 5. The largest absolute Gasteiger partial charge is 0.497 e. The standard InChI is InChI=1S/C16H26N2O5S/c1-12(2)11-17-16(19)8-9-18(24(5,20)21)14-7-6-13(22-3)10-15(14)23-4/h6-7,10,12H,8-9,11H2,1-5H3,(H,17,19). The molecule has 0 spiro atoms. The number of methoxy groups -OCH3 is 2. The van der Waals surface area contributed by atoms with Gasteiger partial charge < -0.3 is 14.8 Å². The quantitative estimate of drug-likeness (QED) is 0.725. The SMILES string of the molecule is COc1ccc(N(CCC(=O)NCC(C)C)S(C)(=O)=O)c(OC)c1. The van der Waals surface area contributed by atoms with Crippen LogP contribution in [0.3, 0.4) is 0 Å². The van der Waals surface area contributed by atoms with E-state index in [-0.39, 0.29) is 18.9 Å². The predicted molar refractivity (Wildman–Crippen MR) is 94.2 cm³/mol. The highest BCUT2D eigenvalue weighted by Gasteiger charge is 2.22. The first kappa shape index (κ1) is 20.1. The van der Waals surface area contributed by atoms with Gasteiger partial charge in [-0.1, -0.05) is 13.8 Å². The normalized spacial score (nSPS) is 11.2. The number of sulfonamides is 1. The van der Waals surface area contributed by atoms with Gasteiger partial charge >= 0.3 is 0 Å². The van der Waals surface area contributed by atoms with E-state index in [4.69, 9.17) is 9.47 Å². The van der Waals surface area contributed by atoms with E-state index in [9.17, 15) is 13.2 Å². The molecule has 0 aliphatic heterocycles. The second-order valence-corrected chi connectivity index (χ2v) is 7.73. The average molecular weight is 358 g/mol. The van der Waals surface area contributed by atoms with Gasteiger partial charge in [0, 0.05) is 25.6 Å². The molecule has 1 amide bonds. The molecule has 0 heterocycles. The molecule has 0 aliphatic rings. The van der Waals surface area contributed by atoms with Gasteiger partial charge in [0.2, 0.25) is 15.9 Å². The Morgan fingerprint density at radius 3 is 2.42 bits per heavy atom. The summed E-state index contributed by atoms with van der Waals surface area (Å²) in [4.78, 5) is 11.9. The van der Waals surface area contributed by atoms with Crippen LogP contribution in [0.4, 0.5) is 5.69 Å². The summed E-state index contributed by atoms with van der Waals surface area (Å²) in [7, 11) is -0.596. The van der Waals surface area contributed by atoms with Crippen LogP contribution in [-0.4, -0.2) is 47.9 Å². The Morgan fingerprint density at radius 2 is 1.92 bits per heavy atom. The summed E-state index contributed by atoms with van der Waals surface area (Å²) < 4.78 is 35.8. The highest BCUT2D eigenvalue weighted by Crippen LogP contribution is 2.33. The first-order valence-electron chi connectivity index (χ1n) is 7.65. The number of anilines is 1. The Labute approximate surface area is 144 Å². The predicted octanol–water partition coefficient (Wildman–Crippen LogP) is 1.63. The van der Waals surface area contributed by atoms with Crippen LogP contribution in [0.1, 0.15) is 20.3 Å². The molecule has 0 saturated heterocycles. The minimum Gasteiger partial charge on any atom is -0.497 e. The van der Waals surface area contributed by atoms with E-state index in [0.717, 1.165) is 6.26 Å². The second-order valence-electron chi connectivity index (χ2n) is 5.82. The van der Waals surface area contributed by atoms with Crippen LogP contribution >= 0.6 is 0 Å². The van der Waals surface area contributed by atoms with Crippen LogP contribution in [0.25, 0.3) is 0 Å². The summed E-state index contributed by atoms with van der Waals surface area (Å²) in [6, 6.07) is 4.85. The van der Waals surface area contributed by atoms with E-state index in [1.54, 1.807) is 18.2 Å². The van der Waals surface area contributed by atoms with Crippen molar-refractivity contribution in [3.8, 4) is 11.5 Å². The van der Waals surface area contributed by atoms with Gasteiger partial charge in [-0.2, -0.15) is 0 Å².